The molecule has 0 spiro atoms. The summed E-state index contributed by atoms with van der Waals surface area (Å²) in [4.78, 5) is 8.39. The lowest BCUT2D eigenvalue weighted by Gasteiger charge is -2.01. The Morgan fingerprint density at radius 2 is 1.47 bits per heavy atom. The van der Waals surface area contributed by atoms with Gasteiger partial charge in [0.1, 0.15) is 0 Å². The van der Waals surface area contributed by atoms with E-state index in [1.807, 2.05) is 6.08 Å². The Labute approximate surface area is 120 Å². The van der Waals surface area contributed by atoms with Crippen LogP contribution in [-0.2, 0) is 9.09 Å². The SMILES string of the molecule is C=CCCCCCCCCCO[PH](=O)O.CCCC. The highest BCUT2D eigenvalue weighted by molar-refractivity contribution is 7.32. The van der Waals surface area contributed by atoms with E-state index in [9.17, 15) is 4.57 Å². The minimum absolute atomic E-state index is 0.421. The zero-order valence-electron chi connectivity index (χ0n) is 12.8. The fourth-order valence-electron chi connectivity index (χ4n) is 1.43. The summed E-state index contributed by atoms with van der Waals surface area (Å²) in [7, 11) is -2.70. The van der Waals surface area contributed by atoms with Crippen molar-refractivity contribution >= 4 is 8.25 Å². The van der Waals surface area contributed by atoms with E-state index >= 15 is 0 Å². The fraction of sp³-hybridized carbons (Fsp3) is 0.867. The molecule has 0 saturated carbocycles. The number of unbranched alkanes of at least 4 members (excludes halogenated alkanes) is 8. The van der Waals surface area contributed by atoms with Gasteiger partial charge >= 0.3 is 8.25 Å². The third kappa shape index (κ3) is 27.2. The molecule has 3 nitrogen and oxygen atoms in total. The van der Waals surface area contributed by atoms with Crippen molar-refractivity contribution in [2.24, 2.45) is 0 Å². The van der Waals surface area contributed by atoms with Gasteiger partial charge in [0.15, 0.2) is 0 Å². The largest absolute Gasteiger partial charge is 0.326 e. The van der Waals surface area contributed by atoms with Gasteiger partial charge in [0.2, 0.25) is 0 Å². The molecule has 0 amide bonds. The van der Waals surface area contributed by atoms with Crippen LogP contribution in [-0.4, -0.2) is 11.5 Å². The lowest BCUT2D eigenvalue weighted by atomic mass is 10.1. The highest BCUT2D eigenvalue weighted by Crippen LogP contribution is 2.15. The lowest BCUT2D eigenvalue weighted by Crippen LogP contribution is -1.87. The van der Waals surface area contributed by atoms with Crippen molar-refractivity contribution in [1.29, 1.82) is 0 Å². The monoisotopic (exact) mass is 292 g/mol. The van der Waals surface area contributed by atoms with E-state index in [1.54, 1.807) is 0 Å². The topological polar surface area (TPSA) is 46.5 Å². The van der Waals surface area contributed by atoms with Crippen LogP contribution in [0.2, 0.25) is 0 Å². The molecule has 0 aromatic carbocycles. The molecule has 0 aliphatic carbocycles. The molecule has 0 saturated heterocycles. The number of hydrogen-bond acceptors (Lipinski definition) is 2. The summed E-state index contributed by atoms with van der Waals surface area (Å²) in [6, 6.07) is 0. The van der Waals surface area contributed by atoms with Crippen LogP contribution in [0, 0.1) is 0 Å². The second-order valence-corrected chi connectivity index (χ2v) is 5.49. The summed E-state index contributed by atoms with van der Waals surface area (Å²) in [5.41, 5.74) is 0. The molecule has 1 N–H and O–H groups in total. The average molecular weight is 292 g/mol. The molecule has 0 heterocycles. The third-order valence-corrected chi connectivity index (χ3v) is 3.23. The molecule has 0 aromatic heterocycles. The Morgan fingerprint density at radius 3 is 1.89 bits per heavy atom. The number of hydrogen-bond donors (Lipinski definition) is 1. The third-order valence-electron chi connectivity index (χ3n) is 2.78. The number of rotatable bonds is 12. The molecule has 0 radical (unpaired) electrons. The molecule has 0 fully saturated rings. The van der Waals surface area contributed by atoms with Crippen LogP contribution >= 0.6 is 8.25 Å². The van der Waals surface area contributed by atoms with E-state index in [0.29, 0.717) is 6.61 Å². The van der Waals surface area contributed by atoms with Gasteiger partial charge in [0.25, 0.3) is 0 Å². The predicted molar refractivity (Wildman–Crippen MR) is 84.9 cm³/mol. The Morgan fingerprint density at radius 1 is 1.00 bits per heavy atom. The number of allylic oxidation sites excluding steroid dienone is 1. The molecule has 0 aliphatic heterocycles. The first-order chi connectivity index (χ1) is 9.18. The molecule has 19 heavy (non-hydrogen) atoms. The van der Waals surface area contributed by atoms with Crippen LogP contribution in [0.5, 0.6) is 0 Å². The van der Waals surface area contributed by atoms with Crippen LogP contribution in [0.1, 0.15) is 78.1 Å². The molecule has 0 aromatic rings. The molecular formula is C15H33O3P. The Bertz CT molecular complexity index is 194. The second kappa shape index (κ2) is 20.2. The first-order valence-electron chi connectivity index (χ1n) is 7.65. The maximum Gasteiger partial charge on any atom is 0.316 e. The summed E-state index contributed by atoms with van der Waals surface area (Å²) in [5, 5.41) is 0. The average Bonchev–Trinajstić information content (AvgIpc) is 2.41. The lowest BCUT2D eigenvalue weighted by molar-refractivity contribution is 0.273. The van der Waals surface area contributed by atoms with Gasteiger partial charge in [-0.2, -0.15) is 0 Å². The highest BCUT2D eigenvalue weighted by Gasteiger charge is 1.93. The van der Waals surface area contributed by atoms with Crippen molar-refractivity contribution in [3.05, 3.63) is 12.7 Å². The van der Waals surface area contributed by atoms with Gasteiger partial charge in [0.05, 0.1) is 6.61 Å². The molecule has 1 unspecified atom stereocenters. The van der Waals surface area contributed by atoms with E-state index in [0.717, 1.165) is 19.3 Å². The van der Waals surface area contributed by atoms with Crippen molar-refractivity contribution in [3.8, 4) is 0 Å². The highest BCUT2D eigenvalue weighted by atomic mass is 31.1. The van der Waals surface area contributed by atoms with Gasteiger partial charge in [0, 0.05) is 0 Å². The van der Waals surface area contributed by atoms with E-state index in [4.69, 9.17) is 4.89 Å². The van der Waals surface area contributed by atoms with Gasteiger partial charge in [-0.1, -0.05) is 64.9 Å². The summed E-state index contributed by atoms with van der Waals surface area (Å²) in [6.07, 6.45) is 14.0. The molecule has 116 valence electrons. The first-order valence-corrected chi connectivity index (χ1v) is 8.91. The quantitative estimate of drug-likeness (QED) is 0.293. The van der Waals surface area contributed by atoms with Gasteiger partial charge in [-0.15, -0.1) is 6.58 Å². The molecular weight excluding hydrogens is 259 g/mol. The summed E-state index contributed by atoms with van der Waals surface area (Å²) in [5.74, 6) is 0. The zero-order chi connectivity index (χ0) is 14.8. The molecule has 0 rings (SSSR count). The van der Waals surface area contributed by atoms with Crippen molar-refractivity contribution < 1.29 is 14.0 Å². The van der Waals surface area contributed by atoms with Crippen LogP contribution in [0.4, 0.5) is 0 Å². The van der Waals surface area contributed by atoms with Crippen LogP contribution < -0.4 is 0 Å². The Hall–Kier alpha value is -0.110. The van der Waals surface area contributed by atoms with Crippen molar-refractivity contribution in [3.63, 3.8) is 0 Å². The Balaban J connectivity index is 0. The van der Waals surface area contributed by atoms with Crippen molar-refractivity contribution in [2.75, 3.05) is 6.61 Å². The smallest absolute Gasteiger partial charge is 0.316 e. The van der Waals surface area contributed by atoms with Gasteiger partial charge in [-0.25, -0.2) is 0 Å². The minimum atomic E-state index is -2.70. The van der Waals surface area contributed by atoms with Crippen molar-refractivity contribution in [1.82, 2.24) is 0 Å². The summed E-state index contributed by atoms with van der Waals surface area (Å²) >= 11 is 0. The maximum atomic E-state index is 10.2. The van der Waals surface area contributed by atoms with E-state index < -0.39 is 8.25 Å². The minimum Gasteiger partial charge on any atom is -0.326 e. The zero-order valence-corrected chi connectivity index (χ0v) is 13.8. The van der Waals surface area contributed by atoms with Gasteiger partial charge in [-0.3, -0.25) is 4.57 Å². The van der Waals surface area contributed by atoms with Crippen LogP contribution in [0.15, 0.2) is 12.7 Å². The summed E-state index contributed by atoms with van der Waals surface area (Å²) in [6.45, 7) is 8.47. The molecule has 0 aliphatic rings. The van der Waals surface area contributed by atoms with Gasteiger partial charge in [-0.05, 0) is 19.3 Å². The standard InChI is InChI=1S/C11H23O3P.C4H10/c1-2-3-4-5-6-7-8-9-10-11-14-15(12)13;1-3-4-2/h2,15H,1,3-11H2,(H,12,13);3-4H2,1-2H3. The van der Waals surface area contributed by atoms with E-state index in [1.165, 1.54) is 44.9 Å². The van der Waals surface area contributed by atoms with Crippen molar-refractivity contribution in [2.45, 2.75) is 78.1 Å². The van der Waals surface area contributed by atoms with Crippen LogP contribution in [0.3, 0.4) is 0 Å². The van der Waals surface area contributed by atoms with E-state index in [2.05, 4.69) is 25.0 Å². The predicted octanol–water partition coefficient (Wildman–Crippen LogP) is 5.50. The summed E-state index contributed by atoms with van der Waals surface area (Å²) < 4.78 is 14.8. The fourth-order valence-corrected chi connectivity index (χ4v) is 1.75. The normalized spacial score (nSPS) is 11.5. The Kier molecular flexibility index (Phi) is 22.5. The molecule has 0 bridgehead atoms. The maximum absolute atomic E-state index is 10.2. The second-order valence-electron chi connectivity index (χ2n) is 4.67. The molecule has 1 atom stereocenters. The van der Waals surface area contributed by atoms with E-state index in [-0.39, 0.29) is 0 Å². The first kappa shape index (κ1) is 21.2. The van der Waals surface area contributed by atoms with Crippen LogP contribution in [0.25, 0.3) is 0 Å². The van der Waals surface area contributed by atoms with Gasteiger partial charge < -0.3 is 9.42 Å². The molecule has 4 heteroatoms.